The van der Waals surface area contributed by atoms with Crippen LogP contribution in [0, 0.1) is 6.92 Å². The fraction of sp³-hybridized carbons (Fsp3) is 0.333. The second-order valence-electron chi connectivity index (χ2n) is 3.82. The number of halogens is 1. The van der Waals surface area contributed by atoms with Crippen molar-refractivity contribution in [1.82, 2.24) is 10.3 Å². The van der Waals surface area contributed by atoms with Crippen molar-refractivity contribution in [2.45, 2.75) is 13.3 Å². The van der Waals surface area contributed by atoms with Crippen LogP contribution in [0.25, 0.3) is 10.6 Å². The number of aromatic nitrogens is 1. The van der Waals surface area contributed by atoms with Gasteiger partial charge in [-0.05, 0) is 25.5 Å². The zero-order chi connectivity index (χ0) is 13.0. The summed E-state index contributed by atoms with van der Waals surface area (Å²) in [4.78, 5) is 17.9. The number of aryl methyl sites for hydroxylation is 1. The van der Waals surface area contributed by atoms with Crippen LogP contribution in [0.3, 0.4) is 0 Å². The minimum atomic E-state index is -0.109. The number of nitrogens with one attached hydrogen (secondary N) is 1. The first-order valence-corrected chi connectivity index (χ1v) is 7.36. The van der Waals surface area contributed by atoms with Gasteiger partial charge in [-0.1, -0.05) is 0 Å². The number of hydrogen-bond acceptors (Lipinski definition) is 5. The number of nitrogens with two attached hydrogens (primary N) is 1. The predicted molar refractivity (Wildman–Crippen MR) is 83.2 cm³/mol. The van der Waals surface area contributed by atoms with Gasteiger partial charge in [0.2, 0.25) is 5.91 Å². The Bertz CT molecular complexity index is 539. The van der Waals surface area contributed by atoms with Gasteiger partial charge in [-0.15, -0.1) is 35.1 Å². The Hall–Kier alpha value is -0.950. The van der Waals surface area contributed by atoms with Crippen LogP contribution in [-0.2, 0) is 11.2 Å². The van der Waals surface area contributed by atoms with Crippen molar-refractivity contribution in [3.63, 3.8) is 0 Å². The van der Waals surface area contributed by atoms with Crippen LogP contribution in [0.2, 0.25) is 0 Å². The smallest absolute Gasteiger partial charge is 0.233 e. The molecule has 3 N–H and O–H groups in total. The van der Waals surface area contributed by atoms with Gasteiger partial charge in [-0.3, -0.25) is 4.79 Å². The lowest BCUT2D eigenvalue weighted by Crippen LogP contribution is -2.31. The number of thiophene rings is 1. The van der Waals surface area contributed by atoms with E-state index in [0.717, 1.165) is 17.1 Å². The molecule has 0 fully saturated rings. The van der Waals surface area contributed by atoms with Gasteiger partial charge in [0.05, 0.1) is 22.1 Å². The van der Waals surface area contributed by atoms with Crippen molar-refractivity contribution in [3.8, 4) is 10.6 Å². The van der Waals surface area contributed by atoms with E-state index < -0.39 is 0 Å². The molecule has 0 bridgehead atoms. The van der Waals surface area contributed by atoms with Crippen molar-refractivity contribution < 1.29 is 4.79 Å². The number of carbonyl (C=O) groups is 1. The normalized spacial score (nSPS) is 10.0. The molecule has 0 atom stereocenters. The largest absolute Gasteiger partial charge is 0.355 e. The Morgan fingerprint density at radius 1 is 1.47 bits per heavy atom. The van der Waals surface area contributed by atoms with Crippen LogP contribution >= 0.6 is 35.1 Å². The van der Waals surface area contributed by atoms with E-state index in [0.29, 0.717) is 6.54 Å². The Morgan fingerprint density at radius 2 is 2.26 bits per heavy atom. The third-order valence-electron chi connectivity index (χ3n) is 2.41. The van der Waals surface area contributed by atoms with Crippen LogP contribution in [-0.4, -0.2) is 24.0 Å². The van der Waals surface area contributed by atoms with Crippen LogP contribution < -0.4 is 11.1 Å². The van der Waals surface area contributed by atoms with Gasteiger partial charge in [0.25, 0.3) is 0 Å². The van der Waals surface area contributed by atoms with Crippen molar-refractivity contribution >= 4 is 41.0 Å². The number of nitrogens with zero attached hydrogens (tertiary/aromatic N) is 1. The maximum absolute atomic E-state index is 11.0. The van der Waals surface area contributed by atoms with E-state index in [1.54, 1.807) is 22.7 Å². The summed E-state index contributed by atoms with van der Waals surface area (Å²) < 4.78 is 0. The average Bonchev–Trinajstić information content (AvgIpc) is 2.97. The maximum Gasteiger partial charge on any atom is 0.233 e. The molecule has 0 spiro atoms. The van der Waals surface area contributed by atoms with Crippen molar-refractivity contribution in [2.24, 2.45) is 5.73 Å². The topological polar surface area (TPSA) is 68.0 Å². The first-order chi connectivity index (χ1) is 8.69. The quantitative estimate of drug-likeness (QED) is 0.888. The summed E-state index contributed by atoms with van der Waals surface area (Å²) in [6.45, 7) is 2.69. The maximum atomic E-state index is 11.0. The Kier molecular flexibility index (Phi) is 6.44. The Balaban J connectivity index is 0.00000180. The Labute approximate surface area is 126 Å². The molecular weight excluding hydrogens is 302 g/mol. The second kappa shape index (κ2) is 7.59. The highest BCUT2D eigenvalue weighted by Gasteiger charge is 2.06. The van der Waals surface area contributed by atoms with Gasteiger partial charge in [-0.25, -0.2) is 4.98 Å². The fourth-order valence-electron chi connectivity index (χ4n) is 1.52. The molecule has 0 aliphatic rings. The molecule has 0 aliphatic carbocycles. The van der Waals surface area contributed by atoms with Crippen molar-refractivity contribution in [1.29, 1.82) is 0 Å². The molecule has 0 radical (unpaired) electrons. The van der Waals surface area contributed by atoms with Crippen LogP contribution in [0.4, 0.5) is 0 Å². The summed E-state index contributed by atoms with van der Waals surface area (Å²) >= 11 is 3.38. The molecular formula is C12H16ClN3OS2. The highest BCUT2D eigenvalue weighted by atomic mass is 35.5. The number of thiazole rings is 1. The molecule has 2 aromatic rings. The Morgan fingerprint density at radius 3 is 2.89 bits per heavy atom. The van der Waals surface area contributed by atoms with E-state index in [4.69, 9.17) is 5.73 Å². The van der Waals surface area contributed by atoms with E-state index in [-0.39, 0.29) is 24.9 Å². The minimum absolute atomic E-state index is 0. The summed E-state index contributed by atoms with van der Waals surface area (Å²) in [5.74, 6) is -0.109. The van der Waals surface area contributed by atoms with Crippen molar-refractivity contribution in [2.75, 3.05) is 13.1 Å². The van der Waals surface area contributed by atoms with Crippen LogP contribution in [0.1, 0.15) is 9.88 Å². The molecule has 4 nitrogen and oxygen atoms in total. The van der Waals surface area contributed by atoms with Crippen LogP contribution in [0.5, 0.6) is 0 Å². The van der Waals surface area contributed by atoms with Gasteiger partial charge in [0.1, 0.15) is 0 Å². The molecule has 2 heterocycles. The van der Waals surface area contributed by atoms with E-state index >= 15 is 0 Å². The summed E-state index contributed by atoms with van der Waals surface area (Å²) in [5, 5.41) is 5.91. The third kappa shape index (κ3) is 4.58. The lowest BCUT2D eigenvalue weighted by Gasteiger charge is -2.00. The standard InChI is InChI=1S/C12H15N3OS2.ClH/c1-8-15-10(7-17-8)11-3-2-9(18-11)4-5-14-12(16)6-13;/h2-3,7H,4-6,13H2,1H3,(H,14,16);1H. The zero-order valence-electron chi connectivity index (χ0n) is 10.5. The molecule has 0 unspecified atom stereocenters. The number of carbonyl (C=O) groups excluding carboxylic acids is 1. The predicted octanol–water partition coefficient (Wildman–Crippen LogP) is 2.22. The molecule has 7 heteroatoms. The first-order valence-electron chi connectivity index (χ1n) is 5.67. The summed E-state index contributed by atoms with van der Waals surface area (Å²) in [6, 6.07) is 4.17. The molecule has 1 amide bonds. The number of rotatable bonds is 5. The van der Waals surface area contributed by atoms with Gasteiger partial charge in [0.15, 0.2) is 0 Å². The van der Waals surface area contributed by atoms with Gasteiger partial charge < -0.3 is 11.1 Å². The van der Waals surface area contributed by atoms with E-state index in [1.807, 2.05) is 6.92 Å². The van der Waals surface area contributed by atoms with Gasteiger partial charge in [-0.2, -0.15) is 0 Å². The first kappa shape index (κ1) is 16.1. The summed E-state index contributed by atoms with van der Waals surface area (Å²) in [5.41, 5.74) is 6.26. The van der Waals surface area contributed by atoms with Crippen LogP contribution in [0.15, 0.2) is 17.5 Å². The molecule has 0 saturated carbocycles. The molecule has 19 heavy (non-hydrogen) atoms. The van der Waals surface area contributed by atoms with Gasteiger partial charge >= 0.3 is 0 Å². The summed E-state index contributed by atoms with van der Waals surface area (Å²) in [7, 11) is 0. The molecule has 2 rings (SSSR count). The molecule has 104 valence electrons. The third-order valence-corrected chi connectivity index (χ3v) is 4.35. The van der Waals surface area contributed by atoms with Gasteiger partial charge in [0, 0.05) is 16.8 Å². The second-order valence-corrected chi connectivity index (χ2v) is 6.05. The lowest BCUT2D eigenvalue weighted by atomic mass is 10.3. The molecule has 2 aromatic heterocycles. The minimum Gasteiger partial charge on any atom is -0.355 e. The molecule has 0 aromatic carbocycles. The van der Waals surface area contributed by atoms with E-state index in [1.165, 1.54) is 9.75 Å². The highest BCUT2D eigenvalue weighted by molar-refractivity contribution is 7.16. The lowest BCUT2D eigenvalue weighted by molar-refractivity contribution is -0.119. The van der Waals surface area contributed by atoms with Crippen molar-refractivity contribution in [3.05, 3.63) is 27.4 Å². The fourth-order valence-corrected chi connectivity index (χ4v) is 3.18. The SMILES string of the molecule is Cc1nc(-c2ccc(CCNC(=O)CN)s2)cs1.Cl. The number of amides is 1. The average molecular weight is 318 g/mol. The zero-order valence-corrected chi connectivity index (χ0v) is 13.0. The van der Waals surface area contributed by atoms with E-state index in [9.17, 15) is 4.79 Å². The molecule has 0 saturated heterocycles. The number of hydrogen-bond donors (Lipinski definition) is 2. The summed E-state index contributed by atoms with van der Waals surface area (Å²) in [6.07, 6.45) is 0.833. The highest BCUT2D eigenvalue weighted by Crippen LogP contribution is 2.29. The van der Waals surface area contributed by atoms with E-state index in [2.05, 4.69) is 27.8 Å². The monoisotopic (exact) mass is 317 g/mol. The molecule has 0 aliphatic heterocycles.